The summed E-state index contributed by atoms with van der Waals surface area (Å²) < 4.78 is 1.83. The number of hydrogen-bond donors (Lipinski definition) is 0. The molecule has 0 spiro atoms. The molecule has 0 aliphatic carbocycles. The van der Waals surface area contributed by atoms with Gasteiger partial charge in [-0.25, -0.2) is 0 Å². The number of nitrogens with zero attached hydrogens (tertiary/aromatic N) is 4. The van der Waals surface area contributed by atoms with Crippen molar-refractivity contribution in [2.45, 2.75) is 12.8 Å². The van der Waals surface area contributed by atoms with E-state index < -0.39 is 0 Å². The normalized spacial score (nSPS) is 18.1. The predicted molar refractivity (Wildman–Crippen MR) is 80.3 cm³/mol. The third kappa shape index (κ3) is 3.04. The molecule has 1 aromatic heterocycles. The molecule has 2 aromatic rings. The molecule has 0 amide bonds. The second-order valence-corrected chi connectivity index (χ2v) is 5.60. The summed E-state index contributed by atoms with van der Waals surface area (Å²) in [6.07, 6.45) is 6.17. The molecule has 3 rings (SSSR count). The van der Waals surface area contributed by atoms with Gasteiger partial charge in [-0.15, -0.1) is 0 Å². The van der Waals surface area contributed by atoms with E-state index in [-0.39, 0.29) is 10.6 Å². The van der Waals surface area contributed by atoms with Crippen LogP contribution < -0.4 is 4.90 Å². The van der Waals surface area contributed by atoms with Crippen LogP contribution in [-0.2, 0) is 13.5 Å². The SMILES string of the molecule is Cn1cc(CC2CCN(c3ccc([N+](=O)[O-])cc3)C2)cn1. The van der Waals surface area contributed by atoms with Crippen molar-refractivity contribution in [2.24, 2.45) is 13.0 Å². The topological polar surface area (TPSA) is 64.2 Å². The molecule has 0 saturated carbocycles. The van der Waals surface area contributed by atoms with Gasteiger partial charge < -0.3 is 4.90 Å². The Bertz CT molecular complexity index is 635. The highest BCUT2D eigenvalue weighted by atomic mass is 16.6. The number of benzene rings is 1. The zero-order valence-electron chi connectivity index (χ0n) is 12.0. The second kappa shape index (κ2) is 5.55. The highest BCUT2D eigenvalue weighted by Crippen LogP contribution is 2.27. The van der Waals surface area contributed by atoms with Crippen molar-refractivity contribution in [3.8, 4) is 0 Å². The molecule has 6 heteroatoms. The minimum atomic E-state index is -0.362. The molecule has 6 nitrogen and oxygen atoms in total. The highest BCUT2D eigenvalue weighted by Gasteiger charge is 2.23. The van der Waals surface area contributed by atoms with Gasteiger partial charge in [-0.2, -0.15) is 5.10 Å². The minimum absolute atomic E-state index is 0.143. The van der Waals surface area contributed by atoms with Crippen LogP contribution in [0.3, 0.4) is 0 Å². The Hall–Kier alpha value is -2.37. The molecule has 21 heavy (non-hydrogen) atoms. The molecule has 1 saturated heterocycles. The molecular formula is C15H18N4O2. The van der Waals surface area contributed by atoms with Gasteiger partial charge in [-0.1, -0.05) is 0 Å². The molecule has 1 aliphatic rings. The number of nitro benzene ring substituents is 1. The molecule has 1 fully saturated rings. The van der Waals surface area contributed by atoms with Crippen molar-refractivity contribution >= 4 is 11.4 Å². The predicted octanol–water partition coefficient (Wildman–Crippen LogP) is 2.40. The number of rotatable bonds is 4. The average Bonchev–Trinajstić information content (AvgIpc) is 3.09. The van der Waals surface area contributed by atoms with Crippen LogP contribution in [0, 0.1) is 16.0 Å². The highest BCUT2D eigenvalue weighted by molar-refractivity contribution is 5.51. The van der Waals surface area contributed by atoms with Crippen LogP contribution in [0.1, 0.15) is 12.0 Å². The molecule has 2 heterocycles. The molecule has 1 atom stereocenters. The fourth-order valence-electron chi connectivity index (χ4n) is 2.93. The molecule has 0 radical (unpaired) electrons. The average molecular weight is 286 g/mol. The van der Waals surface area contributed by atoms with Gasteiger partial charge in [0.05, 0.1) is 11.1 Å². The quantitative estimate of drug-likeness (QED) is 0.639. The van der Waals surface area contributed by atoms with Gasteiger partial charge in [0.2, 0.25) is 0 Å². The van der Waals surface area contributed by atoms with Crippen molar-refractivity contribution in [3.05, 3.63) is 52.3 Å². The fourth-order valence-corrected chi connectivity index (χ4v) is 2.93. The standard InChI is InChI=1S/C15H18N4O2/c1-17-10-13(9-16-17)8-12-6-7-18(11-12)14-2-4-15(5-3-14)19(20)21/h2-5,9-10,12H,6-8,11H2,1H3. The molecule has 1 aliphatic heterocycles. The Morgan fingerprint density at radius 3 is 2.76 bits per heavy atom. The van der Waals surface area contributed by atoms with E-state index in [9.17, 15) is 10.1 Å². The Balaban J connectivity index is 1.62. The lowest BCUT2D eigenvalue weighted by molar-refractivity contribution is -0.384. The number of nitro groups is 1. The maximum atomic E-state index is 10.7. The van der Waals surface area contributed by atoms with Crippen LogP contribution in [0.5, 0.6) is 0 Å². The number of aryl methyl sites for hydroxylation is 1. The maximum Gasteiger partial charge on any atom is 0.269 e. The molecule has 0 N–H and O–H groups in total. The lowest BCUT2D eigenvalue weighted by Crippen LogP contribution is -2.20. The summed E-state index contributed by atoms with van der Waals surface area (Å²) in [7, 11) is 1.93. The fraction of sp³-hybridized carbons (Fsp3) is 0.400. The van der Waals surface area contributed by atoms with Gasteiger partial charge in [0.1, 0.15) is 0 Å². The second-order valence-electron chi connectivity index (χ2n) is 5.60. The van der Waals surface area contributed by atoms with Gasteiger partial charge >= 0.3 is 0 Å². The van der Waals surface area contributed by atoms with E-state index in [0.717, 1.165) is 31.6 Å². The van der Waals surface area contributed by atoms with Crippen molar-refractivity contribution in [3.63, 3.8) is 0 Å². The summed E-state index contributed by atoms with van der Waals surface area (Å²) in [6, 6.07) is 6.82. The number of aromatic nitrogens is 2. The number of non-ortho nitro benzene ring substituents is 1. The summed E-state index contributed by atoms with van der Waals surface area (Å²) in [4.78, 5) is 12.6. The van der Waals surface area contributed by atoms with Gasteiger partial charge in [-0.05, 0) is 36.5 Å². The third-order valence-corrected chi connectivity index (χ3v) is 3.99. The molecule has 1 unspecified atom stereocenters. The first-order chi connectivity index (χ1) is 10.1. The molecule has 1 aromatic carbocycles. The van der Waals surface area contributed by atoms with Crippen LogP contribution in [0.4, 0.5) is 11.4 Å². The van der Waals surface area contributed by atoms with Crippen molar-refractivity contribution in [1.82, 2.24) is 9.78 Å². The zero-order valence-corrected chi connectivity index (χ0v) is 12.0. The Morgan fingerprint density at radius 1 is 1.38 bits per heavy atom. The van der Waals surface area contributed by atoms with Crippen LogP contribution in [0.25, 0.3) is 0 Å². The van der Waals surface area contributed by atoms with Gasteiger partial charge in [0.25, 0.3) is 5.69 Å². The van der Waals surface area contributed by atoms with Crippen molar-refractivity contribution in [1.29, 1.82) is 0 Å². The number of hydrogen-bond acceptors (Lipinski definition) is 4. The van der Waals surface area contributed by atoms with E-state index in [4.69, 9.17) is 0 Å². The largest absolute Gasteiger partial charge is 0.371 e. The first kappa shape index (κ1) is 13.6. The van der Waals surface area contributed by atoms with Gasteiger partial charge in [0.15, 0.2) is 0 Å². The van der Waals surface area contributed by atoms with Crippen LogP contribution >= 0.6 is 0 Å². The molecule has 0 bridgehead atoms. The van der Waals surface area contributed by atoms with Crippen molar-refractivity contribution in [2.75, 3.05) is 18.0 Å². The monoisotopic (exact) mass is 286 g/mol. The Labute approximate surface area is 123 Å². The number of anilines is 1. The lowest BCUT2D eigenvalue weighted by Gasteiger charge is -2.18. The smallest absolute Gasteiger partial charge is 0.269 e. The first-order valence-corrected chi connectivity index (χ1v) is 7.09. The lowest BCUT2D eigenvalue weighted by atomic mass is 10.0. The maximum absolute atomic E-state index is 10.7. The van der Waals surface area contributed by atoms with Crippen LogP contribution in [-0.4, -0.2) is 27.8 Å². The van der Waals surface area contributed by atoms with E-state index in [0.29, 0.717) is 5.92 Å². The first-order valence-electron chi connectivity index (χ1n) is 7.09. The zero-order chi connectivity index (χ0) is 14.8. The van der Waals surface area contributed by atoms with E-state index in [1.54, 1.807) is 12.1 Å². The van der Waals surface area contributed by atoms with E-state index in [2.05, 4.69) is 16.2 Å². The summed E-state index contributed by atoms with van der Waals surface area (Å²) >= 11 is 0. The van der Waals surface area contributed by atoms with E-state index in [1.807, 2.05) is 30.1 Å². The van der Waals surface area contributed by atoms with Crippen molar-refractivity contribution < 1.29 is 4.92 Å². The summed E-state index contributed by atoms with van der Waals surface area (Å²) in [5.74, 6) is 0.615. The van der Waals surface area contributed by atoms with E-state index >= 15 is 0 Å². The third-order valence-electron chi connectivity index (χ3n) is 3.99. The van der Waals surface area contributed by atoms with Gasteiger partial charge in [0, 0.05) is 44.2 Å². The Morgan fingerprint density at radius 2 is 2.14 bits per heavy atom. The van der Waals surface area contributed by atoms with Crippen LogP contribution in [0.15, 0.2) is 36.7 Å². The Kier molecular flexibility index (Phi) is 3.60. The summed E-state index contributed by atoms with van der Waals surface area (Å²) in [6.45, 7) is 2.00. The summed E-state index contributed by atoms with van der Waals surface area (Å²) in [5, 5.41) is 14.9. The molecule has 110 valence electrons. The summed E-state index contributed by atoms with van der Waals surface area (Å²) in [5.41, 5.74) is 2.48. The van der Waals surface area contributed by atoms with E-state index in [1.165, 1.54) is 5.56 Å². The van der Waals surface area contributed by atoms with Crippen LogP contribution in [0.2, 0.25) is 0 Å². The molecular weight excluding hydrogens is 268 g/mol. The van der Waals surface area contributed by atoms with Gasteiger partial charge in [-0.3, -0.25) is 14.8 Å². The minimum Gasteiger partial charge on any atom is -0.371 e.